The van der Waals surface area contributed by atoms with Gasteiger partial charge in [-0.3, -0.25) is 4.79 Å². The molecule has 0 saturated heterocycles. The summed E-state index contributed by atoms with van der Waals surface area (Å²) in [5, 5.41) is 9.30. The first-order chi connectivity index (χ1) is 15.2. The van der Waals surface area contributed by atoms with E-state index >= 15 is 0 Å². The van der Waals surface area contributed by atoms with Gasteiger partial charge in [-0.1, -0.05) is 82.6 Å². The van der Waals surface area contributed by atoms with Crippen LogP contribution in [0.3, 0.4) is 0 Å². The summed E-state index contributed by atoms with van der Waals surface area (Å²) in [6, 6.07) is 15.4. The van der Waals surface area contributed by atoms with Crippen LogP contribution in [0.5, 0.6) is 11.5 Å². The summed E-state index contributed by atoms with van der Waals surface area (Å²) in [5.41, 5.74) is 2.56. The van der Waals surface area contributed by atoms with Crippen LogP contribution in [0.2, 0.25) is 0 Å². The normalized spacial score (nSPS) is 10.9. The van der Waals surface area contributed by atoms with Gasteiger partial charge in [-0.25, -0.2) is 0 Å². The van der Waals surface area contributed by atoms with Crippen molar-refractivity contribution < 1.29 is 14.6 Å². The summed E-state index contributed by atoms with van der Waals surface area (Å²) in [7, 11) is 0. The third kappa shape index (κ3) is 11.6. The van der Waals surface area contributed by atoms with E-state index in [-0.39, 0.29) is 5.97 Å². The number of ether oxygens (including phenoxy) is 1. The number of unbranched alkanes of at least 4 members (excludes halogenated alkanes) is 9. The highest BCUT2D eigenvalue weighted by Gasteiger charge is 2.05. The van der Waals surface area contributed by atoms with Gasteiger partial charge >= 0.3 is 5.97 Å². The standard InChI is InChI=1S/C28H40O3/c1-2-3-4-5-6-7-10-14-25-18-22-27(23-19-25)31-28(30)15-12-9-8-11-13-24-16-20-26(29)21-17-24/h16-23,29H,2-15H2,1H3. The van der Waals surface area contributed by atoms with Crippen LogP contribution in [-0.4, -0.2) is 11.1 Å². The quantitative estimate of drug-likeness (QED) is 0.170. The van der Waals surface area contributed by atoms with Gasteiger partial charge in [0.2, 0.25) is 0 Å². The lowest BCUT2D eigenvalue weighted by Crippen LogP contribution is -2.07. The average Bonchev–Trinajstić information content (AvgIpc) is 2.78. The molecule has 3 heteroatoms. The van der Waals surface area contributed by atoms with Crippen LogP contribution in [0.4, 0.5) is 0 Å². The Hall–Kier alpha value is -2.29. The van der Waals surface area contributed by atoms with Crippen LogP contribution in [0, 0.1) is 0 Å². The van der Waals surface area contributed by atoms with E-state index in [0.717, 1.165) is 38.5 Å². The van der Waals surface area contributed by atoms with Gasteiger partial charge in [-0.2, -0.15) is 0 Å². The molecule has 0 aliphatic heterocycles. The molecule has 0 heterocycles. The molecule has 31 heavy (non-hydrogen) atoms. The molecule has 2 aromatic rings. The molecule has 170 valence electrons. The zero-order valence-corrected chi connectivity index (χ0v) is 19.3. The molecule has 2 aromatic carbocycles. The van der Waals surface area contributed by atoms with Crippen LogP contribution < -0.4 is 4.74 Å². The first kappa shape index (κ1) is 25.0. The van der Waals surface area contributed by atoms with Gasteiger partial charge in [-0.15, -0.1) is 0 Å². The number of benzene rings is 2. The predicted molar refractivity (Wildman–Crippen MR) is 129 cm³/mol. The average molecular weight is 425 g/mol. The third-order valence-corrected chi connectivity index (χ3v) is 5.76. The van der Waals surface area contributed by atoms with Crippen LogP contribution in [0.1, 0.15) is 95.1 Å². The lowest BCUT2D eigenvalue weighted by Gasteiger charge is -2.06. The lowest BCUT2D eigenvalue weighted by molar-refractivity contribution is -0.134. The largest absolute Gasteiger partial charge is 0.508 e. The summed E-state index contributed by atoms with van der Waals surface area (Å²) in [4.78, 5) is 12.1. The van der Waals surface area contributed by atoms with E-state index in [1.54, 1.807) is 12.1 Å². The number of aromatic hydroxyl groups is 1. The summed E-state index contributed by atoms with van der Waals surface area (Å²) < 4.78 is 5.47. The SMILES string of the molecule is CCCCCCCCCc1ccc(OC(=O)CCCCCCc2ccc(O)cc2)cc1. The zero-order valence-electron chi connectivity index (χ0n) is 19.3. The molecule has 0 radical (unpaired) electrons. The van der Waals surface area contributed by atoms with Crippen molar-refractivity contribution in [1.82, 2.24) is 0 Å². The Morgan fingerprint density at radius 3 is 1.74 bits per heavy atom. The third-order valence-electron chi connectivity index (χ3n) is 5.76. The number of carbonyl (C=O) groups is 1. The van der Waals surface area contributed by atoms with Crippen LogP contribution in [0.15, 0.2) is 48.5 Å². The molecule has 0 aromatic heterocycles. The van der Waals surface area contributed by atoms with Gasteiger partial charge in [0.15, 0.2) is 0 Å². The Morgan fingerprint density at radius 2 is 1.16 bits per heavy atom. The smallest absolute Gasteiger partial charge is 0.311 e. The van der Waals surface area contributed by atoms with Crippen LogP contribution in [0.25, 0.3) is 0 Å². The number of phenols is 1. The van der Waals surface area contributed by atoms with E-state index in [0.29, 0.717) is 17.9 Å². The topological polar surface area (TPSA) is 46.5 Å². The number of phenolic OH excluding ortho intramolecular Hbond substituents is 1. The maximum absolute atomic E-state index is 12.1. The highest BCUT2D eigenvalue weighted by Crippen LogP contribution is 2.17. The Morgan fingerprint density at radius 1 is 0.677 bits per heavy atom. The van der Waals surface area contributed by atoms with Crippen molar-refractivity contribution in [3.05, 3.63) is 59.7 Å². The van der Waals surface area contributed by atoms with Crippen molar-refractivity contribution in [3.8, 4) is 11.5 Å². The molecule has 0 aliphatic carbocycles. The highest BCUT2D eigenvalue weighted by molar-refractivity contribution is 5.72. The van der Waals surface area contributed by atoms with E-state index in [1.165, 1.54) is 56.1 Å². The van der Waals surface area contributed by atoms with Gasteiger partial charge in [0.05, 0.1) is 0 Å². The Labute approximate surface area is 188 Å². The van der Waals surface area contributed by atoms with Crippen molar-refractivity contribution in [3.63, 3.8) is 0 Å². The monoisotopic (exact) mass is 424 g/mol. The molecule has 0 atom stereocenters. The van der Waals surface area contributed by atoms with E-state index < -0.39 is 0 Å². The van der Waals surface area contributed by atoms with Crippen LogP contribution >= 0.6 is 0 Å². The van der Waals surface area contributed by atoms with Crippen molar-refractivity contribution in [2.75, 3.05) is 0 Å². The van der Waals surface area contributed by atoms with Gasteiger partial charge in [0.1, 0.15) is 11.5 Å². The van der Waals surface area contributed by atoms with E-state index in [4.69, 9.17) is 4.74 Å². The maximum Gasteiger partial charge on any atom is 0.311 e. The maximum atomic E-state index is 12.1. The molecular formula is C28H40O3. The van der Waals surface area contributed by atoms with Crippen LogP contribution in [-0.2, 0) is 17.6 Å². The number of carbonyl (C=O) groups excluding carboxylic acids is 1. The summed E-state index contributed by atoms with van der Waals surface area (Å²) in [5.74, 6) is 0.823. The molecule has 0 spiro atoms. The Bertz CT molecular complexity index is 719. The van der Waals surface area contributed by atoms with Crippen molar-refractivity contribution in [2.24, 2.45) is 0 Å². The zero-order chi connectivity index (χ0) is 22.2. The van der Waals surface area contributed by atoms with Gasteiger partial charge in [0, 0.05) is 6.42 Å². The van der Waals surface area contributed by atoms with Gasteiger partial charge in [0.25, 0.3) is 0 Å². The molecular weight excluding hydrogens is 384 g/mol. The highest BCUT2D eigenvalue weighted by atomic mass is 16.5. The number of aryl methyl sites for hydroxylation is 2. The second-order valence-corrected chi connectivity index (χ2v) is 8.57. The van der Waals surface area contributed by atoms with E-state index in [2.05, 4.69) is 19.1 Å². The molecule has 1 N–H and O–H groups in total. The minimum atomic E-state index is -0.140. The second-order valence-electron chi connectivity index (χ2n) is 8.57. The molecule has 0 aliphatic rings. The molecule has 0 fully saturated rings. The Kier molecular flexibility index (Phi) is 12.5. The molecule has 0 unspecified atom stereocenters. The van der Waals surface area contributed by atoms with Gasteiger partial charge < -0.3 is 9.84 Å². The van der Waals surface area contributed by atoms with Crippen molar-refractivity contribution in [2.45, 2.75) is 96.8 Å². The fraction of sp³-hybridized carbons (Fsp3) is 0.536. The number of hydrogen-bond acceptors (Lipinski definition) is 3. The number of esters is 1. The summed E-state index contributed by atoms with van der Waals surface area (Å²) >= 11 is 0. The summed E-state index contributed by atoms with van der Waals surface area (Å²) in [6.45, 7) is 2.25. The minimum Gasteiger partial charge on any atom is -0.508 e. The fourth-order valence-electron chi connectivity index (χ4n) is 3.81. The van der Waals surface area contributed by atoms with Gasteiger partial charge in [-0.05, 0) is 67.5 Å². The molecule has 3 nitrogen and oxygen atoms in total. The predicted octanol–water partition coefficient (Wildman–Crippen LogP) is 7.78. The minimum absolute atomic E-state index is 0.140. The first-order valence-electron chi connectivity index (χ1n) is 12.2. The number of hydrogen-bond donors (Lipinski definition) is 1. The van der Waals surface area contributed by atoms with Crippen molar-refractivity contribution >= 4 is 5.97 Å². The Balaban J connectivity index is 1.51. The molecule has 0 amide bonds. The second kappa shape index (κ2) is 15.5. The summed E-state index contributed by atoms with van der Waals surface area (Å²) in [6.07, 6.45) is 16.0. The molecule has 0 saturated carbocycles. The van der Waals surface area contributed by atoms with Crippen molar-refractivity contribution in [1.29, 1.82) is 0 Å². The molecule has 2 rings (SSSR count). The lowest BCUT2D eigenvalue weighted by atomic mass is 10.0. The fourth-order valence-corrected chi connectivity index (χ4v) is 3.81. The molecule has 0 bridgehead atoms. The number of rotatable bonds is 16. The first-order valence-corrected chi connectivity index (χ1v) is 12.2. The van der Waals surface area contributed by atoms with E-state index in [1.807, 2.05) is 24.3 Å². The van der Waals surface area contributed by atoms with E-state index in [9.17, 15) is 9.90 Å².